The number of alkyl halides is 3. The van der Waals surface area contributed by atoms with Gasteiger partial charge >= 0.3 is 6.36 Å². The van der Waals surface area contributed by atoms with Crippen molar-refractivity contribution in [2.24, 2.45) is 10.7 Å². The average molecular weight is 438 g/mol. The summed E-state index contributed by atoms with van der Waals surface area (Å²) in [5, 5.41) is 2.86. The summed E-state index contributed by atoms with van der Waals surface area (Å²) in [4.78, 5) is 6.57. The van der Waals surface area contributed by atoms with Crippen molar-refractivity contribution in [2.75, 3.05) is 39.2 Å². The summed E-state index contributed by atoms with van der Waals surface area (Å²) in [6.07, 6.45) is -3.82. The van der Waals surface area contributed by atoms with E-state index < -0.39 is 6.36 Å². The first-order valence-electron chi connectivity index (χ1n) is 9.66. The van der Waals surface area contributed by atoms with Crippen LogP contribution in [0.1, 0.15) is 11.1 Å². The van der Waals surface area contributed by atoms with Crippen molar-refractivity contribution >= 4 is 11.6 Å². The number of anilines is 1. The lowest BCUT2D eigenvalue weighted by atomic mass is 9.99. The van der Waals surface area contributed by atoms with E-state index in [1.54, 1.807) is 14.2 Å². The molecule has 0 unspecified atom stereocenters. The number of rotatable bonds is 7. The number of halogens is 3. The molecule has 3 N–H and O–H groups in total. The van der Waals surface area contributed by atoms with Crippen LogP contribution < -0.4 is 25.3 Å². The zero-order valence-corrected chi connectivity index (χ0v) is 17.3. The summed E-state index contributed by atoms with van der Waals surface area (Å²) < 4.78 is 51.2. The Morgan fingerprint density at radius 1 is 1.10 bits per heavy atom. The highest BCUT2D eigenvalue weighted by Crippen LogP contribution is 2.33. The van der Waals surface area contributed by atoms with Gasteiger partial charge in [-0.2, -0.15) is 0 Å². The SMILES string of the molecule is COc1cc2c(cc1OC)CN(CCN=C(N)Nc1ccc(OC(F)(F)F)cc1)CC2. The molecule has 0 amide bonds. The minimum absolute atomic E-state index is 0.188. The Kier molecular flexibility index (Phi) is 7.11. The van der Waals surface area contributed by atoms with Crippen molar-refractivity contribution < 1.29 is 27.4 Å². The summed E-state index contributed by atoms with van der Waals surface area (Å²) in [6.45, 7) is 2.87. The Morgan fingerprint density at radius 2 is 1.74 bits per heavy atom. The second-order valence-electron chi connectivity index (χ2n) is 6.97. The fourth-order valence-corrected chi connectivity index (χ4v) is 3.37. The molecule has 1 heterocycles. The van der Waals surface area contributed by atoms with Gasteiger partial charge in [-0.05, 0) is 53.9 Å². The van der Waals surface area contributed by atoms with Crippen LogP contribution in [0.4, 0.5) is 18.9 Å². The molecule has 2 aromatic carbocycles. The van der Waals surface area contributed by atoms with Gasteiger partial charge in [0.05, 0.1) is 20.8 Å². The van der Waals surface area contributed by atoms with E-state index >= 15 is 0 Å². The molecule has 0 fully saturated rings. The molecule has 0 bridgehead atoms. The van der Waals surface area contributed by atoms with Crippen LogP contribution in [0.2, 0.25) is 0 Å². The molecule has 1 aliphatic heterocycles. The number of guanidine groups is 1. The minimum atomic E-state index is -4.72. The van der Waals surface area contributed by atoms with E-state index in [9.17, 15) is 13.2 Å². The van der Waals surface area contributed by atoms with Crippen LogP contribution in [0.25, 0.3) is 0 Å². The molecule has 2 aromatic rings. The Hall–Kier alpha value is -3.14. The van der Waals surface area contributed by atoms with Gasteiger partial charge in [0.25, 0.3) is 0 Å². The Morgan fingerprint density at radius 3 is 2.35 bits per heavy atom. The summed E-state index contributed by atoms with van der Waals surface area (Å²) in [7, 11) is 3.24. The first-order chi connectivity index (χ1) is 14.8. The van der Waals surface area contributed by atoms with Crippen LogP contribution in [0, 0.1) is 0 Å². The second-order valence-corrected chi connectivity index (χ2v) is 6.97. The van der Waals surface area contributed by atoms with Gasteiger partial charge < -0.3 is 25.3 Å². The third-order valence-corrected chi connectivity index (χ3v) is 4.86. The fraction of sp³-hybridized carbons (Fsp3) is 0.381. The summed E-state index contributed by atoms with van der Waals surface area (Å²) in [6, 6.07) is 9.32. The largest absolute Gasteiger partial charge is 0.573 e. The lowest BCUT2D eigenvalue weighted by Gasteiger charge is -2.29. The molecule has 7 nitrogen and oxygen atoms in total. The smallest absolute Gasteiger partial charge is 0.493 e. The molecule has 0 radical (unpaired) electrons. The maximum absolute atomic E-state index is 12.2. The van der Waals surface area contributed by atoms with Gasteiger partial charge in [0.2, 0.25) is 0 Å². The van der Waals surface area contributed by atoms with Crippen LogP contribution >= 0.6 is 0 Å². The lowest BCUT2D eigenvalue weighted by molar-refractivity contribution is -0.274. The Labute approximate surface area is 178 Å². The number of aliphatic imine (C=N–C) groups is 1. The average Bonchev–Trinajstić information content (AvgIpc) is 2.73. The third-order valence-electron chi connectivity index (χ3n) is 4.86. The summed E-state index contributed by atoms with van der Waals surface area (Å²) >= 11 is 0. The van der Waals surface area contributed by atoms with Crippen LogP contribution in [0.5, 0.6) is 17.2 Å². The number of benzene rings is 2. The molecule has 0 saturated carbocycles. The van der Waals surface area contributed by atoms with E-state index in [-0.39, 0.29) is 11.7 Å². The third kappa shape index (κ3) is 6.42. The molecule has 31 heavy (non-hydrogen) atoms. The molecular formula is C21H25F3N4O3. The highest BCUT2D eigenvalue weighted by atomic mass is 19.4. The molecule has 0 aromatic heterocycles. The first kappa shape index (κ1) is 22.5. The number of nitrogens with zero attached hydrogens (tertiary/aromatic N) is 2. The van der Waals surface area contributed by atoms with Crippen LogP contribution in [-0.2, 0) is 13.0 Å². The van der Waals surface area contributed by atoms with Gasteiger partial charge in [-0.1, -0.05) is 0 Å². The van der Waals surface area contributed by atoms with Gasteiger partial charge in [-0.3, -0.25) is 9.89 Å². The van der Waals surface area contributed by atoms with Crippen molar-refractivity contribution in [3.8, 4) is 17.2 Å². The van der Waals surface area contributed by atoms with Gasteiger partial charge in [0, 0.05) is 25.3 Å². The molecule has 0 spiro atoms. The zero-order valence-electron chi connectivity index (χ0n) is 17.3. The standard InChI is InChI=1S/C21H25F3N4O3/c1-29-18-11-14-7-9-28(13-15(14)12-19(18)30-2)10-8-26-20(25)27-16-3-5-17(6-4-16)31-21(22,23)24/h3-6,11-12H,7-10,13H2,1-2H3,(H3,25,26,27). The molecule has 168 valence electrons. The molecule has 1 aliphatic rings. The maximum Gasteiger partial charge on any atom is 0.573 e. The zero-order chi connectivity index (χ0) is 22.4. The molecule has 0 saturated heterocycles. The predicted octanol–water partition coefficient (Wildman–Crippen LogP) is 3.39. The molecule has 0 aliphatic carbocycles. The van der Waals surface area contributed by atoms with Gasteiger partial charge in [-0.25, -0.2) is 0 Å². The molecule has 10 heteroatoms. The highest BCUT2D eigenvalue weighted by molar-refractivity contribution is 5.92. The second kappa shape index (κ2) is 9.78. The van der Waals surface area contributed by atoms with E-state index in [0.29, 0.717) is 24.5 Å². The van der Waals surface area contributed by atoms with Crippen molar-refractivity contribution in [3.63, 3.8) is 0 Å². The Balaban J connectivity index is 1.50. The van der Waals surface area contributed by atoms with Gasteiger partial charge in [0.15, 0.2) is 17.5 Å². The number of hydrogen-bond acceptors (Lipinski definition) is 5. The monoisotopic (exact) mass is 438 g/mol. The van der Waals surface area contributed by atoms with Gasteiger partial charge in [0.1, 0.15) is 5.75 Å². The maximum atomic E-state index is 12.2. The van der Waals surface area contributed by atoms with E-state index in [0.717, 1.165) is 25.3 Å². The van der Waals surface area contributed by atoms with Gasteiger partial charge in [-0.15, -0.1) is 13.2 Å². The van der Waals surface area contributed by atoms with E-state index in [1.807, 2.05) is 12.1 Å². The first-order valence-corrected chi connectivity index (χ1v) is 9.66. The molecule has 3 rings (SSSR count). The van der Waals surface area contributed by atoms with Crippen LogP contribution in [0.3, 0.4) is 0 Å². The summed E-state index contributed by atoms with van der Waals surface area (Å²) in [5.74, 6) is 1.33. The number of fused-ring (bicyclic) bond motifs is 1. The number of nitrogens with one attached hydrogen (secondary N) is 1. The van der Waals surface area contributed by atoms with Crippen molar-refractivity contribution in [1.82, 2.24) is 4.90 Å². The number of nitrogens with two attached hydrogens (primary N) is 1. The Bertz CT molecular complexity index is 917. The van der Waals surface area contributed by atoms with Crippen LogP contribution in [-0.4, -0.2) is 51.1 Å². The number of ether oxygens (including phenoxy) is 3. The number of methoxy groups -OCH3 is 2. The highest BCUT2D eigenvalue weighted by Gasteiger charge is 2.30. The van der Waals surface area contributed by atoms with Crippen molar-refractivity contribution in [1.29, 1.82) is 0 Å². The quantitative estimate of drug-likeness (QED) is 0.510. The molecule has 0 atom stereocenters. The molecular weight excluding hydrogens is 413 g/mol. The normalized spacial score (nSPS) is 14.7. The number of hydrogen-bond donors (Lipinski definition) is 2. The lowest BCUT2D eigenvalue weighted by Crippen LogP contribution is -2.33. The summed E-state index contributed by atoms with van der Waals surface area (Å²) in [5.41, 5.74) is 8.84. The fourth-order valence-electron chi connectivity index (χ4n) is 3.37. The van der Waals surface area contributed by atoms with E-state index in [1.165, 1.54) is 35.4 Å². The minimum Gasteiger partial charge on any atom is -0.493 e. The van der Waals surface area contributed by atoms with Crippen molar-refractivity contribution in [3.05, 3.63) is 47.5 Å². The van der Waals surface area contributed by atoms with Crippen molar-refractivity contribution in [2.45, 2.75) is 19.3 Å². The van der Waals surface area contributed by atoms with E-state index in [2.05, 4.69) is 19.9 Å². The predicted molar refractivity (Wildman–Crippen MR) is 112 cm³/mol. The topological polar surface area (TPSA) is 81.3 Å². The van der Waals surface area contributed by atoms with Crippen LogP contribution in [0.15, 0.2) is 41.4 Å². The van der Waals surface area contributed by atoms with E-state index in [4.69, 9.17) is 15.2 Å².